The number of primary amides is 1. The second-order valence-corrected chi connectivity index (χ2v) is 4.89. The van der Waals surface area contributed by atoms with Crippen molar-refractivity contribution >= 4 is 12.0 Å². The maximum Gasteiger partial charge on any atom is 0.407 e. The van der Waals surface area contributed by atoms with Gasteiger partial charge in [-0.2, -0.15) is 0 Å². The van der Waals surface area contributed by atoms with Crippen LogP contribution < -0.4 is 11.1 Å². The first-order valence-corrected chi connectivity index (χ1v) is 5.64. The van der Waals surface area contributed by atoms with Gasteiger partial charge < -0.3 is 20.9 Å². The lowest BCUT2D eigenvalue weighted by atomic mass is 10.1. The Balaban J connectivity index is 4.44. The van der Waals surface area contributed by atoms with Crippen LogP contribution in [0, 0.1) is 0 Å². The minimum Gasteiger partial charge on any atom is -0.444 e. The van der Waals surface area contributed by atoms with E-state index in [0.29, 0.717) is 12.8 Å². The van der Waals surface area contributed by atoms with Crippen LogP contribution >= 0.6 is 0 Å². The molecule has 6 nitrogen and oxygen atoms in total. The number of aliphatic hydroxyl groups excluding tert-OH is 1. The zero-order valence-electron chi connectivity index (χ0n) is 10.8. The third-order valence-corrected chi connectivity index (χ3v) is 1.97. The molecule has 6 heteroatoms. The Hall–Kier alpha value is -1.30. The predicted molar refractivity (Wildman–Crippen MR) is 63.3 cm³/mol. The number of ether oxygens (including phenoxy) is 1. The van der Waals surface area contributed by atoms with Gasteiger partial charge in [0.2, 0.25) is 5.91 Å². The number of aliphatic hydroxyl groups is 1. The van der Waals surface area contributed by atoms with Gasteiger partial charge in [-0.1, -0.05) is 13.3 Å². The van der Waals surface area contributed by atoms with Crippen molar-refractivity contribution in [2.75, 3.05) is 0 Å². The fourth-order valence-corrected chi connectivity index (χ4v) is 1.28. The van der Waals surface area contributed by atoms with Gasteiger partial charge >= 0.3 is 6.09 Å². The smallest absolute Gasteiger partial charge is 0.407 e. The van der Waals surface area contributed by atoms with Crippen molar-refractivity contribution in [2.24, 2.45) is 5.73 Å². The van der Waals surface area contributed by atoms with Crippen LogP contribution in [0.2, 0.25) is 0 Å². The molecule has 0 rings (SSSR count). The van der Waals surface area contributed by atoms with E-state index in [9.17, 15) is 14.7 Å². The van der Waals surface area contributed by atoms with Crippen LogP contribution in [0.15, 0.2) is 0 Å². The van der Waals surface area contributed by atoms with Crippen molar-refractivity contribution in [3.63, 3.8) is 0 Å². The van der Waals surface area contributed by atoms with Gasteiger partial charge in [0.15, 0.2) is 6.10 Å². The predicted octanol–water partition coefficient (Wildman–Crippen LogP) is 0.526. The minimum atomic E-state index is -1.40. The Bertz CT molecular complexity index is 273. The van der Waals surface area contributed by atoms with Gasteiger partial charge in [0.05, 0.1) is 6.04 Å². The van der Waals surface area contributed by atoms with Gasteiger partial charge in [-0.25, -0.2) is 4.79 Å². The number of hydrogen-bond donors (Lipinski definition) is 3. The first-order chi connectivity index (χ1) is 7.67. The summed E-state index contributed by atoms with van der Waals surface area (Å²) in [6, 6.07) is -0.715. The first-order valence-electron chi connectivity index (χ1n) is 5.64. The summed E-state index contributed by atoms with van der Waals surface area (Å²) in [5, 5.41) is 12.0. The van der Waals surface area contributed by atoms with Gasteiger partial charge in [0.1, 0.15) is 5.60 Å². The van der Waals surface area contributed by atoms with Gasteiger partial charge in [-0.15, -0.1) is 0 Å². The lowest BCUT2D eigenvalue weighted by molar-refractivity contribution is -0.127. The fourth-order valence-electron chi connectivity index (χ4n) is 1.28. The van der Waals surface area contributed by atoms with Crippen LogP contribution in [0.1, 0.15) is 40.5 Å². The summed E-state index contributed by atoms with van der Waals surface area (Å²) in [7, 11) is 0. The Morgan fingerprint density at radius 2 is 1.94 bits per heavy atom. The molecule has 0 bridgehead atoms. The third-order valence-electron chi connectivity index (χ3n) is 1.97. The van der Waals surface area contributed by atoms with Crippen molar-refractivity contribution in [1.29, 1.82) is 0 Å². The fraction of sp³-hybridized carbons (Fsp3) is 0.818. The largest absolute Gasteiger partial charge is 0.444 e. The maximum absolute atomic E-state index is 11.5. The van der Waals surface area contributed by atoms with Gasteiger partial charge in [-0.3, -0.25) is 4.79 Å². The van der Waals surface area contributed by atoms with Crippen LogP contribution in [0.5, 0.6) is 0 Å². The summed E-state index contributed by atoms with van der Waals surface area (Å²) in [5.74, 6) is -0.862. The van der Waals surface area contributed by atoms with E-state index in [2.05, 4.69) is 5.32 Å². The van der Waals surface area contributed by atoms with Crippen LogP contribution in [0.4, 0.5) is 4.79 Å². The summed E-state index contributed by atoms with van der Waals surface area (Å²) in [6.07, 6.45) is -0.924. The summed E-state index contributed by atoms with van der Waals surface area (Å²) >= 11 is 0. The van der Waals surface area contributed by atoms with Crippen LogP contribution in [-0.4, -0.2) is 34.9 Å². The highest BCUT2D eigenvalue weighted by molar-refractivity contribution is 5.80. The molecule has 2 amide bonds. The normalized spacial score (nSPS) is 14.9. The second kappa shape index (κ2) is 6.44. The zero-order valence-corrected chi connectivity index (χ0v) is 10.8. The molecule has 0 spiro atoms. The highest BCUT2D eigenvalue weighted by Gasteiger charge is 2.27. The molecule has 0 radical (unpaired) electrons. The molecule has 17 heavy (non-hydrogen) atoms. The van der Waals surface area contributed by atoms with E-state index in [1.165, 1.54) is 0 Å². The molecule has 0 aromatic carbocycles. The number of nitrogens with two attached hydrogens (primary N) is 1. The molecule has 0 aliphatic heterocycles. The molecular weight excluding hydrogens is 224 g/mol. The molecule has 0 aromatic rings. The monoisotopic (exact) mass is 246 g/mol. The molecule has 4 N–H and O–H groups in total. The van der Waals surface area contributed by atoms with Crippen molar-refractivity contribution in [3.05, 3.63) is 0 Å². The first kappa shape index (κ1) is 15.7. The average molecular weight is 246 g/mol. The number of alkyl carbamates (subject to hydrolysis) is 1. The summed E-state index contributed by atoms with van der Waals surface area (Å²) < 4.78 is 5.03. The topological polar surface area (TPSA) is 102 Å². The number of amides is 2. The SMILES string of the molecule is CCC[C@H](NC(=O)OC(C)(C)C)C(O)C(N)=O. The lowest BCUT2D eigenvalue weighted by Gasteiger charge is -2.25. The standard InChI is InChI=1S/C11H22N2O4/c1-5-6-7(8(14)9(12)15)13-10(16)17-11(2,3)4/h7-8,14H,5-6H2,1-4H3,(H2,12,15)(H,13,16)/t7-,8?/m0/s1. The van der Waals surface area contributed by atoms with E-state index in [4.69, 9.17) is 10.5 Å². The number of carbonyl (C=O) groups excluding carboxylic acids is 2. The number of hydrogen-bond acceptors (Lipinski definition) is 4. The van der Waals surface area contributed by atoms with Gasteiger partial charge in [-0.05, 0) is 27.2 Å². The third kappa shape index (κ3) is 6.78. The van der Waals surface area contributed by atoms with Gasteiger partial charge in [0, 0.05) is 0 Å². The van der Waals surface area contributed by atoms with E-state index in [0.717, 1.165) is 0 Å². The molecule has 0 aromatic heterocycles. The highest BCUT2D eigenvalue weighted by atomic mass is 16.6. The average Bonchev–Trinajstić information content (AvgIpc) is 2.12. The van der Waals surface area contributed by atoms with Gasteiger partial charge in [0.25, 0.3) is 0 Å². The molecule has 0 heterocycles. The van der Waals surface area contributed by atoms with E-state index < -0.39 is 29.7 Å². The van der Waals surface area contributed by atoms with Crippen molar-refractivity contribution < 1.29 is 19.4 Å². The molecular formula is C11H22N2O4. The molecule has 0 aliphatic rings. The van der Waals surface area contributed by atoms with E-state index in [1.54, 1.807) is 20.8 Å². The summed E-state index contributed by atoms with van der Waals surface area (Å²) in [5.41, 5.74) is 4.36. The Kier molecular flexibility index (Phi) is 5.95. The Labute approximate surface area is 102 Å². The Morgan fingerprint density at radius 1 is 1.41 bits per heavy atom. The van der Waals surface area contributed by atoms with Crippen LogP contribution in [0.3, 0.4) is 0 Å². The van der Waals surface area contributed by atoms with Crippen LogP contribution in [0.25, 0.3) is 0 Å². The van der Waals surface area contributed by atoms with E-state index >= 15 is 0 Å². The summed E-state index contributed by atoms with van der Waals surface area (Å²) in [6.45, 7) is 7.06. The van der Waals surface area contributed by atoms with E-state index in [-0.39, 0.29) is 0 Å². The molecule has 0 saturated heterocycles. The summed E-state index contributed by atoms with van der Waals surface area (Å²) in [4.78, 5) is 22.3. The van der Waals surface area contributed by atoms with Crippen molar-refractivity contribution in [1.82, 2.24) is 5.32 Å². The molecule has 0 aliphatic carbocycles. The second-order valence-electron chi connectivity index (χ2n) is 4.89. The maximum atomic E-state index is 11.5. The quantitative estimate of drug-likeness (QED) is 0.658. The van der Waals surface area contributed by atoms with Crippen molar-refractivity contribution in [3.8, 4) is 0 Å². The van der Waals surface area contributed by atoms with E-state index in [1.807, 2.05) is 6.92 Å². The molecule has 0 saturated carbocycles. The zero-order chi connectivity index (χ0) is 13.6. The minimum absolute atomic E-state index is 0.448. The number of carbonyl (C=O) groups is 2. The molecule has 1 unspecified atom stereocenters. The molecule has 2 atom stereocenters. The van der Waals surface area contributed by atoms with Crippen LogP contribution in [-0.2, 0) is 9.53 Å². The molecule has 100 valence electrons. The lowest BCUT2D eigenvalue weighted by Crippen LogP contribution is -2.50. The Morgan fingerprint density at radius 3 is 2.29 bits per heavy atom. The van der Waals surface area contributed by atoms with Crippen molar-refractivity contribution in [2.45, 2.75) is 58.3 Å². The highest BCUT2D eigenvalue weighted by Crippen LogP contribution is 2.09. The number of rotatable bonds is 5. The molecule has 0 fully saturated rings. The number of nitrogens with one attached hydrogen (secondary N) is 1.